The Hall–Kier alpha value is -2.41. The molecular weight excluding hydrogens is 312 g/mol. The highest BCUT2D eigenvalue weighted by molar-refractivity contribution is 7.09. The van der Waals surface area contributed by atoms with Crippen molar-refractivity contribution in [2.24, 2.45) is 7.05 Å². The Morgan fingerprint density at radius 1 is 1.52 bits per heavy atom. The number of likely N-dealkylation sites (N-methyl/N-ethyl adjacent to an activating group) is 1. The number of aromatic amines is 1. The van der Waals surface area contributed by atoms with Crippen LogP contribution in [0.5, 0.6) is 0 Å². The highest BCUT2D eigenvalue weighted by Crippen LogP contribution is 2.15. The predicted molar refractivity (Wildman–Crippen MR) is 90.9 cm³/mol. The molecule has 0 saturated carbocycles. The lowest BCUT2D eigenvalue weighted by molar-refractivity contribution is 0.0742. The van der Waals surface area contributed by atoms with E-state index in [0.29, 0.717) is 11.0 Å². The maximum absolute atomic E-state index is 12.7. The van der Waals surface area contributed by atoms with Gasteiger partial charge < -0.3 is 9.88 Å². The third-order valence-corrected chi connectivity index (χ3v) is 4.97. The van der Waals surface area contributed by atoms with Crippen molar-refractivity contribution >= 4 is 28.3 Å². The van der Waals surface area contributed by atoms with E-state index in [1.807, 2.05) is 24.4 Å². The zero-order valence-corrected chi connectivity index (χ0v) is 14.1. The molecule has 0 aliphatic rings. The minimum Gasteiger partial charge on any atom is -0.345 e. The van der Waals surface area contributed by atoms with Crippen molar-refractivity contribution < 1.29 is 4.79 Å². The fourth-order valence-corrected chi connectivity index (χ4v) is 3.36. The van der Waals surface area contributed by atoms with Crippen LogP contribution < -0.4 is 5.43 Å². The predicted octanol–water partition coefficient (Wildman–Crippen LogP) is 2.03. The SMILES string of the molecule is C[C@@H](Cc1cccs1)N(C)C(=O)c1c[nH]c2c(cnn2C)c1=O. The Balaban J connectivity index is 1.87. The van der Waals surface area contributed by atoms with Crippen LogP contribution in [0, 0.1) is 0 Å². The monoisotopic (exact) mass is 330 g/mol. The number of thiophene rings is 1. The van der Waals surface area contributed by atoms with Gasteiger partial charge in [-0.1, -0.05) is 6.07 Å². The molecule has 23 heavy (non-hydrogen) atoms. The van der Waals surface area contributed by atoms with E-state index in [1.165, 1.54) is 17.3 Å². The van der Waals surface area contributed by atoms with Gasteiger partial charge in [0.1, 0.15) is 11.2 Å². The number of nitrogens with one attached hydrogen (secondary N) is 1. The minimum atomic E-state index is -0.285. The van der Waals surface area contributed by atoms with Crippen molar-refractivity contribution in [3.8, 4) is 0 Å². The van der Waals surface area contributed by atoms with Crippen molar-refractivity contribution in [2.75, 3.05) is 7.05 Å². The van der Waals surface area contributed by atoms with Gasteiger partial charge in [0.05, 0.1) is 11.6 Å². The standard InChI is InChI=1S/C16H18N4O2S/c1-10(7-11-5-4-6-23-11)19(2)16(22)13-8-17-15-12(14(13)21)9-18-20(15)3/h4-6,8-10H,7H2,1-3H3,(H,17,21)/t10-/m0/s1. The van der Waals surface area contributed by atoms with Gasteiger partial charge in [0, 0.05) is 37.6 Å². The molecule has 0 bridgehead atoms. The normalized spacial score (nSPS) is 12.5. The fraction of sp³-hybridized carbons (Fsp3) is 0.312. The van der Waals surface area contributed by atoms with Gasteiger partial charge in [0.2, 0.25) is 5.43 Å². The quantitative estimate of drug-likeness (QED) is 0.795. The van der Waals surface area contributed by atoms with E-state index in [2.05, 4.69) is 10.1 Å². The van der Waals surface area contributed by atoms with Crippen LogP contribution in [-0.4, -0.2) is 38.7 Å². The van der Waals surface area contributed by atoms with E-state index in [1.54, 1.807) is 35.0 Å². The maximum atomic E-state index is 12.7. The van der Waals surface area contributed by atoms with Crippen molar-refractivity contribution in [3.63, 3.8) is 0 Å². The van der Waals surface area contributed by atoms with Gasteiger partial charge in [-0.25, -0.2) is 0 Å². The number of rotatable bonds is 4. The summed E-state index contributed by atoms with van der Waals surface area (Å²) in [5.74, 6) is -0.277. The van der Waals surface area contributed by atoms with E-state index < -0.39 is 0 Å². The van der Waals surface area contributed by atoms with E-state index in [-0.39, 0.29) is 22.9 Å². The summed E-state index contributed by atoms with van der Waals surface area (Å²) in [6.45, 7) is 1.98. The van der Waals surface area contributed by atoms with Gasteiger partial charge in [0.15, 0.2) is 0 Å². The molecule has 6 nitrogen and oxygen atoms in total. The number of aromatic nitrogens is 3. The third-order valence-electron chi connectivity index (χ3n) is 4.07. The van der Waals surface area contributed by atoms with Gasteiger partial charge in [-0.2, -0.15) is 5.10 Å². The van der Waals surface area contributed by atoms with Crippen molar-refractivity contribution in [1.29, 1.82) is 0 Å². The number of fused-ring (bicyclic) bond motifs is 1. The summed E-state index contributed by atoms with van der Waals surface area (Å²) in [6, 6.07) is 4.05. The summed E-state index contributed by atoms with van der Waals surface area (Å²) in [4.78, 5) is 31.0. The average Bonchev–Trinajstić information content (AvgIpc) is 3.17. The van der Waals surface area contributed by atoms with Crippen molar-refractivity contribution in [1.82, 2.24) is 19.7 Å². The first-order chi connectivity index (χ1) is 11.0. The molecule has 1 N–H and O–H groups in total. The summed E-state index contributed by atoms with van der Waals surface area (Å²) in [5.41, 5.74) is 0.471. The average molecular weight is 330 g/mol. The molecule has 3 rings (SSSR count). The Kier molecular flexibility index (Phi) is 4.04. The second kappa shape index (κ2) is 6.00. The van der Waals surface area contributed by atoms with E-state index in [4.69, 9.17) is 0 Å². The molecule has 0 spiro atoms. The largest absolute Gasteiger partial charge is 0.345 e. The highest BCUT2D eigenvalue weighted by Gasteiger charge is 2.22. The molecule has 120 valence electrons. The Morgan fingerprint density at radius 3 is 3.00 bits per heavy atom. The Bertz CT molecular complexity index is 895. The summed E-state index contributed by atoms with van der Waals surface area (Å²) in [5, 5.41) is 6.50. The number of pyridine rings is 1. The molecule has 0 aromatic carbocycles. The number of hydrogen-bond acceptors (Lipinski definition) is 4. The number of hydrogen-bond donors (Lipinski definition) is 1. The molecule has 0 unspecified atom stereocenters. The van der Waals surface area contributed by atoms with Crippen LogP contribution in [0.4, 0.5) is 0 Å². The topological polar surface area (TPSA) is 71.0 Å². The Morgan fingerprint density at radius 2 is 2.30 bits per heavy atom. The maximum Gasteiger partial charge on any atom is 0.259 e. The van der Waals surface area contributed by atoms with Crippen molar-refractivity contribution in [2.45, 2.75) is 19.4 Å². The number of carbonyl (C=O) groups excluding carboxylic acids is 1. The number of carbonyl (C=O) groups is 1. The van der Waals surface area contributed by atoms with Crippen LogP contribution in [-0.2, 0) is 13.5 Å². The molecule has 3 heterocycles. The second-order valence-electron chi connectivity index (χ2n) is 5.61. The molecule has 0 saturated heterocycles. The molecule has 0 aliphatic heterocycles. The minimum absolute atomic E-state index is 0.00476. The van der Waals surface area contributed by atoms with Gasteiger partial charge in [-0.3, -0.25) is 14.3 Å². The second-order valence-corrected chi connectivity index (χ2v) is 6.64. The van der Waals surface area contributed by atoms with Crippen LogP contribution >= 0.6 is 11.3 Å². The van der Waals surface area contributed by atoms with Crippen molar-refractivity contribution in [3.05, 3.63) is 50.6 Å². The first-order valence-corrected chi connectivity index (χ1v) is 8.20. The summed E-state index contributed by atoms with van der Waals surface area (Å²) < 4.78 is 1.58. The zero-order chi connectivity index (χ0) is 16.6. The number of H-pyrrole nitrogens is 1. The molecular formula is C16H18N4O2S. The lowest BCUT2D eigenvalue weighted by Gasteiger charge is -2.24. The number of nitrogens with zero attached hydrogens (tertiary/aromatic N) is 3. The first kappa shape index (κ1) is 15.5. The molecule has 3 aromatic heterocycles. The van der Waals surface area contributed by atoms with Gasteiger partial charge in [-0.15, -0.1) is 11.3 Å². The highest BCUT2D eigenvalue weighted by atomic mass is 32.1. The smallest absolute Gasteiger partial charge is 0.259 e. The fourth-order valence-electron chi connectivity index (χ4n) is 2.53. The summed E-state index contributed by atoms with van der Waals surface area (Å²) in [7, 11) is 3.47. The lowest BCUT2D eigenvalue weighted by Crippen LogP contribution is -2.38. The molecule has 0 radical (unpaired) electrons. The Labute approximate surface area is 137 Å². The zero-order valence-electron chi connectivity index (χ0n) is 13.2. The molecule has 0 fully saturated rings. The van der Waals surface area contributed by atoms with Gasteiger partial charge >= 0.3 is 0 Å². The molecule has 1 atom stereocenters. The van der Waals surface area contributed by atoms with Crippen LogP contribution in [0.3, 0.4) is 0 Å². The number of aryl methyl sites for hydroxylation is 1. The van der Waals surface area contributed by atoms with E-state index in [0.717, 1.165) is 6.42 Å². The molecule has 1 amide bonds. The lowest BCUT2D eigenvalue weighted by atomic mass is 10.1. The van der Waals surface area contributed by atoms with Crippen LogP contribution in [0.1, 0.15) is 22.2 Å². The van der Waals surface area contributed by atoms with Crippen LogP contribution in [0.25, 0.3) is 11.0 Å². The van der Waals surface area contributed by atoms with Gasteiger partial charge in [0.25, 0.3) is 5.91 Å². The molecule has 3 aromatic rings. The number of amides is 1. The first-order valence-electron chi connectivity index (χ1n) is 7.32. The summed E-state index contributed by atoms with van der Waals surface area (Å²) in [6.07, 6.45) is 3.73. The van der Waals surface area contributed by atoms with E-state index in [9.17, 15) is 9.59 Å². The van der Waals surface area contributed by atoms with E-state index >= 15 is 0 Å². The van der Waals surface area contributed by atoms with Crippen LogP contribution in [0.2, 0.25) is 0 Å². The van der Waals surface area contributed by atoms with Gasteiger partial charge in [-0.05, 0) is 18.4 Å². The molecule has 7 heteroatoms. The third kappa shape index (κ3) is 2.79. The molecule has 0 aliphatic carbocycles. The summed E-state index contributed by atoms with van der Waals surface area (Å²) >= 11 is 1.67. The van der Waals surface area contributed by atoms with Crippen LogP contribution in [0.15, 0.2) is 34.7 Å².